The van der Waals surface area contributed by atoms with Crippen LogP contribution in [-0.4, -0.2) is 21.3 Å². The van der Waals surface area contributed by atoms with E-state index >= 15 is 0 Å². The summed E-state index contributed by atoms with van der Waals surface area (Å²) in [4.78, 5) is 15.0. The number of hydrogen-bond acceptors (Lipinski definition) is 3. The summed E-state index contributed by atoms with van der Waals surface area (Å²) < 4.78 is 0. The van der Waals surface area contributed by atoms with E-state index in [1.807, 2.05) is 37.3 Å². The standard InChI is InChI=1S/C13H13NO2S/c1-9(8-12(15)16)17-13-11-5-3-2-4-10(11)6-7-14-13/h2-7,9H,8H2,1H3,(H,15,16). The summed E-state index contributed by atoms with van der Waals surface area (Å²) in [7, 11) is 0. The highest BCUT2D eigenvalue weighted by molar-refractivity contribution is 8.00. The molecule has 2 aromatic rings. The predicted octanol–water partition coefficient (Wildman–Crippen LogP) is 3.19. The number of nitrogens with zero attached hydrogens (tertiary/aromatic N) is 1. The number of hydrogen-bond donors (Lipinski definition) is 1. The van der Waals surface area contributed by atoms with Crippen molar-refractivity contribution in [1.82, 2.24) is 4.98 Å². The van der Waals surface area contributed by atoms with Crippen molar-refractivity contribution in [2.45, 2.75) is 23.6 Å². The lowest BCUT2D eigenvalue weighted by atomic mass is 10.2. The van der Waals surface area contributed by atoms with Crippen LogP contribution in [0, 0.1) is 0 Å². The van der Waals surface area contributed by atoms with Gasteiger partial charge in [0.2, 0.25) is 0 Å². The molecule has 0 radical (unpaired) electrons. The highest BCUT2D eigenvalue weighted by Gasteiger charge is 2.11. The van der Waals surface area contributed by atoms with Gasteiger partial charge < -0.3 is 5.11 Å². The van der Waals surface area contributed by atoms with Gasteiger partial charge in [0.1, 0.15) is 5.03 Å². The van der Waals surface area contributed by atoms with Gasteiger partial charge in [-0.25, -0.2) is 4.98 Å². The van der Waals surface area contributed by atoms with Crippen LogP contribution in [0.3, 0.4) is 0 Å². The topological polar surface area (TPSA) is 50.2 Å². The summed E-state index contributed by atoms with van der Waals surface area (Å²) >= 11 is 1.51. The van der Waals surface area contributed by atoms with Crippen molar-refractivity contribution in [3.05, 3.63) is 36.5 Å². The fourth-order valence-corrected chi connectivity index (χ4v) is 2.71. The fraction of sp³-hybridized carbons (Fsp3) is 0.231. The quantitative estimate of drug-likeness (QED) is 0.843. The molecule has 1 heterocycles. The molecule has 3 nitrogen and oxygen atoms in total. The largest absolute Gasteiger partial charge is 0.481 e. The highest BCUT2D eigenvalue weighted by Crippen LogP contribution is 2.29. The first kappa shape index (κ1) is 11.9. The third-order valence-electron chi connectivity index (χ3n) is 2.41. The molecule has 4 heteroatoms. The summed E-state index contributed by atoms with van der Waals surface area (Å²) in [5.41, 5.74) is 0. The SMILES string of the molecule is CC(CC(=O)O)Sc1nccc2ccccc12. The molecule has 0 saturated carbocycles. The van der Waals surface area contributed by atoms with Crippen molar-refractivity contribution in [2.24, 2.45) is 0 Å². The summed E-state index contributed by atoms with van der Waals surface area (Å²) in [5, 5.41) is 11.9. The van der Waals surface area contributed by atoms with E-state index in [9.17, 15) is 4.79 Å². The Morgan fingerprint density at radius 1 is 1.41 bits per heavy atom. The van der Waals surface area contributed by atoms with Crippen LogP contribution in [0.25, 0.3) is 10.8 Å². The second-order valence-corrected chi connectivity index (χ2v) is 5.29. The van der Waals surface area contributed by atoms with Gasteiger partial charge in [-0.15, -0.1) is 11.8 Å². The molecule has 0 aliphatic carbocycles. The normalized spacial score (nSPS) is 12.5. The summed E-state index contributed by atoms with van der Waals surface area (Å²) in [6.07, 6.45) is 1.91. The number of aliphatic carboxylic acids is 1. The maximum Gasteiger partial charge on any atom is 0.304 e. The van der Waals surface area contributed by atoms with Gasteiger partial charge in [0.25, 0.3) is 0 Å². The molecular formula is C13H13NO2S. The fourth-order valence-electron chi connectivity index (χ4n) is 1.66. The van der Waals surface area contributed by atoms with Crippen molar-refractivity contribution in [3.63, 3.8) is 0 Å². The Morgan fingerprint density at radius 2 is 2.18 bits per heavy atom. The second-order valence-electron chi connectivity index (χ2n) is 3.86. The monoisotopic (exact) mass is 247 g/mol. The minimum absolute atomic E-state index is 0.0193. The van der Waals surface area contributed by atoms with E-state index in [2.05, 4.69) is 4.98 Å². The van der Waals surface area contributed by atoms with Gasteiger partial charge in [-0.2, -0.15) is 0 Å². The van der Waals surface area contributed by atoms with Crippen molar-refractivity contribution < 1.29 is 9.90 Å². The predicted molar refractivity (Wildman–Crippen MR) is 69.3 cm³/mol. The Hall–Kier alpha value is -1.55. The van der Waals surface area contributed by atoms with Crippen molar-refractivity contribution in [3.8, 4) is 0 Å². The van der Waals surface area contributed by atoms with Crippen LogP contribution < -0.4 is 0 Å². The number of carboxylic acids is 1. The molecular weight excluding hydrogens is 234 g/mol. The molecule has 1 aromatic carbocycles. The minimum Gasteiger partial charge on any atom is -0.481 e. The van der Waals surface area contributed by atoms with Gasteiger partial charge in [0, 0.05) is 16.8 Å². The Balaban J connectivity index is 2.26. The molecule has 0 bridgehead atoms. The van der Waals surface area contributed by atoms with Gasteiger partial charge in [-0.3, -0.25) is 4.79 Å². The molecule has 1 atom stereocenters. The van der Waals surface area contributed by atoms with E-state index in [1.54, 1.807) is 6.20 Å². The van der Waals surface area contributed by atoms with Gasteiger partial charge in [-0.1, -0.05) is 31.2 Å². The van der Waals surface area contributed by atoms with Gasteiger partial charge in [0.05, 0.1) is 6.42 Å². The van der Waals surface area contributed by atoms with Crippen LogP contribution >= 0.6 is 11.8 Å². The van der Waals surface area contributed by atoms with Crippen molar-refractivity contribution >= 4 is 28.5 Å². The van der Waals surface area contributed by atoms with Crippen LogP contribution in [0.2, 0.25) is 0 Å². The molecule has 0 amide bonds. The number of thioether (sulfide) groups is 1. The van der Waals surface area contributed by atoms with E-state index in [0.29, 0.717) is 0 Å². The summed E-state index contributed by atoms with van der Waals surface area (Å²) in [6, 6.07) is 9.95. The van der Waals surface area contributed by atoms with E-state index in [1.165, 1.54) is 11.8 Å². The van der Waals surface area contributed by atoms with Crippen molar-refractivity contribution in [1.29, 1.82) is 0 Å². The molecule has 1 aromatic heterocycles. The zero-order chi connectivity index (χ0) is 12.3. The van der Waals surface area contributed by atoms with Crippen LogP contribution in [0.5, 0.6) is 0 Å². The molecule has 0 aliphatic rings. The number of pyridine rings is 1. The Morgan fingerprint density at radius 3 is 2.94 bits per heavy atom. The van der Waals surface area contributed by atoms with Crippen LogP contribution in [0.1, 0.15) is 13.3 Å². The number of benzene rings is 1. The van der Waals surface area contributed by atoms with Crippen LogP contribution in [-0.2, 0) is 4.79 Å². The van der Waals surface area contributed by atoms with E-state index in [-0.39, 0.29) is 11.7 Å². The number of aromatic nitrogens is 1. The molecule has 0 aliphatic heterocycles. The molecule has 1 unspecified atom stereocenters. The van der Waals surface area contributed by atoms with Gasteiger partial charge >= 0.3 is 5.97 Å². The minimum atomic E-state index is -0.773. The maximum absolute atomic E-state index is 10.6. The van der Waals surface area contributed by atoms with Crippen LogP contribution in [0.15, 0.2) is 41.6 Å². The zero-order valence-corrected chi connectivity index (χ0v) is 10.3. The number of rotatable bonds is 4. The Bertz CT molecular complexity index is 536. The molecule has 2 rings (SSSR count). The lowest BCUT2D eigenvalue weighted by molar-refractivity contribution is -0.136. The second kappa shape index (κ2) is 5.19. The van der Waals surface area contributed by atoms with E-state index in [4.69, 9.17) is 5.11 Å². The van der Waals surface area contributed by atoms with E-state index in [0.717, 1.165) is 15.8 Å². The Kier molecular flexibility index (Phi) is 3.64. The molecule has 1 N–H and O–H groups in total. The van der Waals surface area contributed by atoms with Gasteiger partial charge in [0.15, 0.2) is 0 Å². The first-order chi connectivity index (χ1) is 8.16. The zero-order valence-electron chi connectivity index (χ0n) is 9.46. The third kappa shape index (κ3) is 2.97. The molecule has 0 spiro atoms. The Labute approximate surface area is 104 Å². The lowest BCUT2D eigenvalue weighted by Crippen LogP contribution is -2.05. The smallest absolute Gasteiger partial charge is 0.304 e. The lowest BCUT2D eigenvalue weighted by Gasteiger charge is -2.09. The van der Waals surface area contributed by atoms with Gasteiger partial charge in [-0.05, 0) is 11.5 Å². The summed E-state index contributed by atoms with van der Waals surface area (Å²) in [6.45, 7) is 1.90. The average molecular weight is 247 g/mol. The average Bonchev–Trinajstić information content (AvgIpc) is 2.28. The molecule has 0 fully saturated rings. The number of carbonyl (C=O) groups is 1. The molecule has 0 saturated heterocycles. The van der Waals surface area contributed by atoms with Crippen LogP contribution in [0.4, 0.5) is 0 Å². The summed E-state index contributed by atoms with van der Waals surface area (Å²) in [5.74, 6) is -0.773. The van der Waals surface area contributed by atoms with Crippen molar-refractivity contribution in [2.75, 3.05) is 0 Å². The first-order valence-corrected chi connectivity index (χ1v) is 6.27. The number of fused-ring (bicyclic) bond motifs is 1. The van der Waals surface area contributed by atoms with E-state index < -0.39 is 5.97 Å². The number of carboxylic acid groups (broad SMARTS) is 1. The third-order valence-corrected chi connectivity index (χ3v) is 3.53. The molecule has 88 valence electrons. The highest BCUT2D eigenvalue weighted by atomic mass is 32.2. The maximum atomic E-state index is 10.6. The first-order valence-electron chi connectivity index (χ1n) is 5.39. The molecule has 17 heavy (non-hydrogen) atoms.